The van der Waals surface area contributed by atoms with Crippen molar-refractivity contribution in [2.75, 3.05) is 31.1 Å². The van der Waals surface area contributed by atoms with Crippen LogP contribution in [0.1, 0.15) is 29.6 Å². The Kier molecular flexibility index (Phi) is 5.50. The second kappa shape index (κ2) is 7.79. The van der Waals surface area contributed by atoms with Crippen molar-refractivity contribution < 1.29 is 19.8 Å². The van der Waals surface area contributed by atoms with Gasteiger partial charge in [-0.15, -0.1) is 0 Å². The van der Waals surface area contributed by atoms with Crippen LogP contribution < -0.4 is 10.2 Å². The monoisotopic (exact) mass is 363 g/mol. The van der Waals surface area contributed by atoms with Crippen LogP contribution >= 0.6 is 11.3 Å². The van der Waals surface area contributed by atoms with Crippen molar-refractivity contribution in [3.8, 4) is 0 Å². The zero-order valence-electron chi connectivity index (χ0n) is 13.8. The molecule has 1 aromatic heterocycles. The van der Waals surface area contributed by atoms with E-state index in [0.717, 1.165) is 41.3 Å². The summed E-state index contributed by atoms with van der Waals surface area (Å²) in [7, 11) is 0. The number of piperidine rings is 1. The summed E-state index contributed by atoms with van der Waals surface area (Å²) in [5.74, 6) is -0.878. The van der Waals surface area contributed by atoms with Crippen LogP contribution in [0.4, 0.5) is 5.13 Å². The van der Waals surface area contributed by atoms with E-state index < -0.39 is 5.97 Å². The van der Waals surface area contributed by atoms with Gasteiger partial charge in [-0.25, -0.2) is 9.78 Å². The van der Waals surface area contributed by atoms with Gasteiger partial charge in [0.1, 0.15) is 0 Å². The standard InChI is InChI=1S/C17H21N3O4S/c21-9-1-6-18-15(22)11-4-7-20(8-5-11)17-19-13-3-2-12(16(23)24)10-14(13)25-17/h2-3,10-11,21H,1,4-9H2,(H,18,22)(H,23,24). The Morgan fingerprint density at radius 2 is 2.08 bits per heavy atom. The number of amides is 1. The number of aromatic nitrogens is 1. The molecule has 25 heavy (non-hydrogen) atoms. The van der Waals surface area contributed by atoms with Crippen LogP contribution in [-0.4, -0.2) is 53.3 Å². The second-order valence-corrected chi connectivity index (χ2v) is 7.12. The molecule has 8 heteroatoms. The molecular formula is C17H21N3O4S. The third kappa shape index (κ3) is 4.08. The van der Waals surface area contributed by atoms with Crippen molar-refractivity contribution in [2.45, 2.75) is 19.3 Å². The molecule has 0 unspecified atom stereocenters. The predicted molar refractivity (Wildman–Crippen MR) is 96.2 cm³/mol. The van der Waals surface area contributed by atoms with Crippen LogP contribution in [0.15, 0.2) is 18.2 Å². The number of carboxylic acid groups (broad SMARTS) is 1. The molecule has 1 saturated heterocycles. The van der Waals surface area contributed by atoms with E-state index in [1.807, 2.05) is 0 Å². The Hall–Kier alpha value is -2.19. The minimum Gasteiger partial charge on any atom is -0.478 e. The van der Waals surface area contributed by atoms with Gasteiger partial charge in [0.25, 0.3) is 0 Å². The summed E-state index contributed by atoms with van der Waals surface area (Å²) in [6.45, 7) is 2.10. The maximum Gasteiger partial charge on any atom is 0.335 e. The predicted octanol–water partition coefficient (Wildman–Crippen LogP) is 1.71. The summed E-state index contributed by atoms with van der Waals surface area (Å²) in [4.78, 5) is 29.9. The third-order valence-electron chi connectivity index (χ3n) is 4.39. The number of aromatic carboxylic acids is 1. The van der Waals surface area contributed by atoms with Crippen molar-refractivity contribution in [3.05, 3.63) is 23.8 Å². The summed E-state index contributed by atoms with van der Waals surface area (Å²) in [6, 6.07) is 4.96. The highest BCUT2D eigenvalue weighted by Crippen LogP contribution is 2.32. The van der Waals surface area contributed by atoms with Gasteiger partial charge in [0.15, 0.2) is 5.13 Å². The lowest BCUT2D eigenvalue weighted by Crippen LogP contribution is -2.40. The number of thiazole rings is 1. The van der Waals surface area contributed by atoms with Gasteiger partial charge in [-0.2, -0.15) is 0 Å². The molecule has 2 aromatic rings. The van der Waals surface area contributed by atoms with Crippen LogP contribution in [-0.2, 0) is 4.79 Å². The Bertz CT molecular complexity index is 768. The summed E-state index contributed by atoms with van der Waals surface area (Å²) >= 11 is 1.49. The van der Waals surface area contributed by atoms with E-state index in [0.29, 0.717) is 13.0 Å². The number of aliphatic hydroxyl groups excluding tert-OH is 1. The highest BCUT2D eigenvalue weighted by Gasteiger charge is 2.26. The quantitative estimate of drug-likeness (QED) is 0.675. The van der Waals surface area contributed by atoms with Gasteiger partial charge in [0.2, 0.25) is 5.91 Å². The number of hydrogen-bond donors (Lipinski definition) is 3. The maximum atomic E-state index is 12.1. The fraction of sp³-hybridized carbons (Fsp3) is 0.471. The van der Waals surface area contributed by atoms with Gasteiger partial charge in [-0.1, -0.05) is 11.3 Å². The molecule has 0 spiro atoms. The number of carbonyl (C=O) groups excluding carboxylic acids is 1. The topological polar surface area (TPSA) is 103 Å². The Morgan fingerprint density at radius 3 is 2.76 bits per heavy atom. The number of anilines is 1. The summed E-state index contributed by atoms with van der Waals surface area (Å²) in [5.41, 5.74) is 1.06. The van der Waals surface area contributed by atoms with Gasteiger partial charge >= 0.3 is 5.97 Å². The third-order valence-corrected chi connectivity index (χ3v) is 5.47. The number of hydrogen-bond acceptors (Lipinski definition) is 6. The van der Waals surface area contributed by atoms with E-state index in [9.17, 15) is 9.59 Å². The molecule has 0 radical (unpaired) electrons. The summed E-state index contributed by atoms with van der Waals surface area (Å²) < 4.78 is 0.860. The zero-order valence-corrected chi connectivity index (χ0v) is 14.6. The molecule has 1 amide bonds. The van der Waals surface area contributed by atoms with Gasteiger partial charge in [0.05, 0.1) is 15.8 Å². The zero-order chi connectivity index (χ0) is 17.8. The first-order valence-corrected chi connectivity index (χ1v) is 9.17. The van der Waals surface area contributed by atoms with Crippen molar-refractivity contribution >= 4 is 38.6 Å². The minimum atomic E-state index is -0.940. The number of carbonyl (C=O) groups is 2. The Balaban J connectivity index is 1.62. The number of rotatable bonds is 6. The van der Waals surface area contributed by atoms with Crippen molar-refractivity contribution in [1.82, 2.24) is 10.3 Å². The molecular weight excluding hydrogens is 342 g/mol. The SMILES string of the molecule is O=C(O)c1ccc2nc(N3CCC(C(=O)NCCCO)CC3)sc2c1. The normalized spacial score (nSPS) is 15.5. The summed E-state index contributed by atoms with van der Waals surface area (Å²) in [5, 5.41) is 21.6. The highest BCUT2D eigenvalue weighted by atomic mass is 32.1. The molecule has 0 saturated carbocycles. The first kappa shape index (κ1) is 17.6. The van der Waals surface area contributed by atoms with Gasteiger partial charge in [-0.3, -0.25) is 4.79 Å². The number of nitrogens with one attached hydrogen (secondary N) is 1. The van der Waals surface area contributed by atoms with E-state index in [1.165, 1.54) is 11.3 Å². The van der Waals surface area contributed by atoms with E-state index in [1.54, 1.807) is 18.2 Å². The second-order valence-electron chi connectivity index (χ2n) is 6.11. The average Bonchev–Trinajstić information content (AvgIpc) is 3.05. The van der Waals surface area contributed by atoms with E-state index in [-0.39, 0.29) is 24.0 Å². The smallest absolute Gasteiger partial charge is 0.335 e. The van der Waals surface area contributed by atoms with Crippen LogP contribution in [0.3, 0.4) is 0 Å². The fourth-order valence-electron chi connectivity index (χ4n) is 2.95. The van der Waals surface area contributed by atoms with Gasteiger partial charge < -0.3 is 20.4 Å². The molecule has 3 N–H and O–H groups in total. The van der Waals surface area contributed by atoms with Crippen molar-refractivity contribution in [2.24, 2.45) is 5.92 Å². The number of benzene rings is 1. The molecule has 1 aliphatic heterocycles. The molecule has 0 atom stereocenters. The first-order chi connectivity index (χ1) is 12.1. The van der Waals surface area contributed by atoms with Gasteiger partial charge in [0, 0.05) is 32.2 Å². The van der Waals surface area contributed by atoms with E-state index >= 15 is 0 Å². The molecule has 1 aliphatic rings. The van der Waals surface area contributed by atoms with E-state index in [2.05, 4.69) is 15.2 Å². The number of nitrogens with zero attached hydrogens (tertiary/aromatic N) is 2. The van der Waals surface area contributed by atoms with Crippen LogP contribution in [0.25, 0.3) is 10.2 Å². The molecule has 3 rings (SSSR count). The lowest BCUT2D eigenvalue weighted by molar-refractivity contribution is -0.125. The van der Waals surface area contributed by atoms with Crippen molar-refractivity contribution in [3.63, 3.8) is 0 Å². The largest absolute Gasteiger partial charge is 0.478 e. The molecule has 0 aliphatic carbocycles. The lowest BCUT2D eigenvalue weighted by atomic mass is 9.96. The molecule has 134 valence electrons. The van der Waals surface area contributed by atoms with Gasteiger partial charge in [-0.05, 0) is 37.5 Å². The van der Waals surface area contributed by atoms with Crippen molar-refractivity contribution in [1.29, 1.82) is 0 Å². The molecule has 7 nitrogen and oxygen atoms in total. The first-order valence-electron chi connectivity index (χ1n) is 8.36. The Labute approximate surface area is 149 Å². The minimum absolute atomic E-state index is 0.00272. The number of carboxylic acids is 1. The lowest BCUT2D eigenvalue weighted by Gasteiger charge is -2.31. The van der Waals surface area contributed by atoms with Crippen LogP contribution in [0.5, 0.6) is 0 Å². The number of aliphatic hydroxyl groups is 1. The fourth-order valence-corrected chi connectivity index (χ4v) is 4.01. The highest BCUT2D eigenvalue weighted by molar-refractivity contribution is 7.22. The molecule has 0 bridgehead atoms. The number of fused-ring (bicyclic) bond motifs is 1. The Morgan fingerprint density at radius 1 is 1.32 bits per heavy atom. The van der Waals surface area contributed by atoms with Crippen LogP contribution in [0, 0.1) is 5.92 Å². The van der Waals surface area contributed by atoms with E-state index in [4.69, 9.17) is 10.2 Å². The summed E-state index contributed by atoms with van der Waals surface area (Å²) in [6.07, 6.45) is 2.11. The average molecular weight is 363 g/mol. The van der Waals surface area contributed by atoms with Crippen LogP contribution in [0.2, 0.25) is 0 Å². The molecule has 2 heterocycles. The molecule has 1 aromatic carbocycles. The molecule has 1 fully saturated rings. The maximum absolute atomic E-state index is 12.1.